The molecule has 0 bridgehead atoms. The van der Waals surface area contributed by atoms with Crippen molar-refractivity contribution in [3.63, 3.8) is 0 Å². The van der Waals surface area contributed by atoms with Gasteiger partial charge >= 0.3 is 0 Å². The predicted octanol–water partition coefficient (Wildman–Crippen LogP) is 5.07. The second-order valence-electron chi connectivity index (χ2n) is 5.24. The minimum atomic E-state index is 1.19. The van der Waals surface area contributed by atoms with Gasteiger partial charge in [0.05, 0.1) is 0 Å². The van der Waals surface area contributed by atoms with Crippen molar-refractivity contribution in [3.05, 3.63) is 53.7 Å². The molecule has 0 saturated carbocycles. The summed E-state index contributed by atoms with van der Waals surface area (Å²) in [4.78, 5) is 0. The molecule has 0 unspecified atom stereocenters. The molecular weight excluding hydrogens is 228 g/mol. The van der Waals surface area contributed by atoms with Gasteiger partial charge in [0.25, 0.3) is 0 Å². The molecule has 0 spiro atoms. The summed E-state index contributed by atoms with van der Waals surface area (Å²) in [6.07, 6.45) is 7.50. The molecule has 0 aliphatic carbocycles. The highest BCUT2D eigenvalue weighted by Crippen LogP contribution is 2.23. The lowest BCUT2D eigenvalue weighted by atomic mass is 9.98. The van der Waals surface area contributed by atoms with Crippen LogP contribution in [0, 0.1) is 0 Å². The highest BCUT2D eigenvalue weighted by atomic mass is 14.1. The molecule has 0 fully saturated rings. The predicted molar refractivity (Wildman–Crippen MR) is 85.3 cm³/mol. The van der Waals surface area contributed by atoms with Crippen molar-refractivity contribution in [1.29, 1.82) is 0 Å². The van der Waals surface area contributed by atoms with Gasteiger partial charge in [-0.2, -0.15) is 0 Å². The van der Waals surface area contributed by atoms with Crippen LogP contribution in [-0.4, -0.2) is 0 Å². The van der Waals surface area contributed by atoms with Gasteiger partial charge in [0, 0.05) is 0 Å². The van der Waals surface area contributed by atoms with Crippen LogP contribution >= 0.6 is 0 Å². The Morgan fingerprint density at radius 1 is 0.842 bits per heavy atom. The Balaban J connectivity index is 2.14. The summed E-state index contributed by atoms with van der Waals surface area (Å²) < 4.78 is 0. The largest absolute Gasteiger partial charge is 0.0766 e. The molecule has 0 aromatic heterocycles. The first kappa shape index (κ1) is 12.2. The zero-order chi connectivity index (χ0) is 13.1. The molecule has 96 valence electrons. The van der Waals surface area contributed by atoms with Gasteiger partial charge < -0.3 is 0 Å². The van der Waals surface area contributed by atoms with Gasteiger partial charge in [0.2, 0.25) is 0 Å². The number of hydrogen-bond donors (Lipinski definition) is 0. The molecule has 0 N–H and O–H groups in total. The van der Waals surface area contributed by atoms with E-state index in [2.05, 4.69) is 61.5 Å². The van der Waals surface area contributed by atoms with Crippen molar-refractivity contribution in [2.45, 2.75) is 32.6 Å². The first-order chi connectivity index (χ1) is 9.40. The normalized spacial score (nSPS) is 12.6. The van der Waals surface area contributed by atoms with Crippen molar-refractivity contribution >= 4 is 27.6 Å². The molecule has 3 rings (SSSR count). The van der Waals surface area contributed by atoms with Crippen LogP contribution in [0.2, 0.25) is 0 Å². The zero-order valence-electron chi connectivity index (χ0n) is 11.5. The SMILES string of the molecule is CCCCCC=c1ccc2cccc3cccc1c32. The Kier molecular flexibility index (Phi) is 3.50. The van der Waals surface area contributed by atoms with Gasteiger partial charge in [-0.25, -0.2) is 0 Å². The summed E-state index contributed by atoms with van der Waals surface area (Å²) in [5.74, 6) is 0. The van der Waals surface area contributed by atoms with Crippen molar-refractivity contribution in [1.82, 2.24) is 0 Å². The van der Waals surface area contributed by atoms with Gasteiger partial charge in [-0.15, -0.1) is 0 Å². The summed E-state index contributed by atoms with van der Waals surface area (Å²) in [5.41, 5.74) is 0. The lowest BCUT2D eigenvalue weighted by Crippen LogP contribution is -2.01. The van der Waals surface area contributed by atoms with Gasteiger partial charge in [0.15, 0.2) is 0 Å². The standard InChI is InChI=1S/C19H20/c1-2-3-4-5-8-15-13-14-17-10-6-9-16-11-7-12-18(15)19(16)17/h6-14H,2-5H2,1H3. The second-order valence-corrected chi connectivity index (χ2v) is 5.24. The topological polar surface area (TPSA) is 0 Å². The minimum absolute atomic E-state index is 1.19. The summed E-state index contributed by atoms with van der Waals surface area (Å²) in [7, 11) is 0. The second kappa shape index (κ2) is 5.44. The van der Waals surface area contributed by atoms with E-state index in [1.807, 2.05) is 0 Å². The molecule has 0 saturated heterocycles. The lowest BCUT2D eigenvalue weighted by Gasteiger charge is -2.06. The molecule has 0 atom stereocenters. The average Bonchev–Trinajstić information content (AvgIpc) is 2.46. The minimum Gasteiger partial charge on any atom is -0.0766 e. The molecule has 3 aromatic carbocycles. The molecule has 0 nitrogen and oxygen atoms in total. The zero-order valence-corrected chi connectivity index (χ0v) is 11.5. The monoisotopic (exact) mass is 248 g/mol. The van der Waals surface area contributed by atoms with Crippen LogP contribution in [0.4, 0.5) is 0 Å². The third-order valence-electron chi connectivity index (χ3n) is 3.86. The third kappa shape index (κ3) is 2.35. The number of hydrogen-bond acceptors (Lipinski definition) is 0. The summed E-state index contributed by atoms with van der Waals surface area (Å²) in [5, 5.41) is 6.89. The van der Waals surface area contributed by atoms with Gasteiger partial charge in [-0.3, -0.25) is 0 Å². The van der Waals surface area contributed by atoms with Crippen LogP contribution in [0.1, 0.15) is 32.6 Å². The maximum absolute atomic E-state index is 2.40. The average molecular weight is 248 g/mol. The molecule has 3 aromatic rings. The molecule has 0 heteroatoms. The van der Waals surface area contributed by atoms with E-state index in [9.17, 15) is 0 Å². The van der Waals surface area contributed by atoms with Crippen LogP contribution in [0.3, 0.4) is 0 Å². The molecule has 0 aliphatic rings. The molecule has 19 heavy (non-hydrogen) atoms. The quantitative estimate of drug-likeness (QED) is 0.565. The number of benzene rings is 3. The summed E-state index contributed by atoms with van der Waals surface area (Å²) >= 11 is 0. The van der Waals surface area contributed by atoms with Crippen LogP contribution in [0.25, 0.3) is 27.6 Å². The maximum atomic E-state index is 2.40. The van der Waals surface area contributed by atoms with E-state index in [4.69, 9.17) is 0 Å². The van der Waals surface area contributed by atoms with Crippen molar-refractivity contribution in [3.8, 4) is 0 Å². The van der Waals surface area contributed by atoms with Gasteiger partial charge in [-0.05, 0) is 39.6 Å². The molecule has 0 aliphatic heterocycles. The highest BCUT2D eigenvalue weighted by molar-refractivity contribution is 6.10. The molecule has 0 amide bonds. The van der Waals surface area contributed by atoms with E-state index in [1.54, 1.807) is 0 Å². The van der Waals surface area contributed by atoms with E-state index < -0.39 is 0 Å². The van der Waals surface area contributed by atoms with E-state index >= 15 is 0 Å². The Hall–Kier alpha value is -1.82. The van der Waals surface area contributed by atoms with Crippen molar-refractivity contribution < 1.29 is 0 Å². The smallest absolute Gasteiger partial charge is 0.00330 e. The van der Waals surface area contributed by atoms with Gasteiger partial charge in [0.1, 0.15) is 0 Å². The molecular formula is C19H20. The molecule has 0 radical (unpaired) electrons. The first-order valence-corrected chi connectivity index (χ1v) is 7.30. The molecule has 0 heterocycles. The van der Waals surface area contributed by atoms with Crippen LogP contribution in [0.5, 0.6) is 0 Å². The van der Waals surface area contributed by atoms with Crippen LogP contribution in [-0.2, 0) is 0 Å². The van der Waals surface area contributed by atoms with Crippen molar-refractivity contribution in [2.24, 2.45) is 0 Å². The fourth-order valence-electron chi connectivity index (χ4n) is 2.85. The van der Waals surface area contributed by atoms with E-state index in [0.717, 1.165) is 0 Å². The fraction of sp³-hybridized carbons (Fsp3) is 0.263. The number of rotatable bonds is 4. The highest BCUT2D eigenvalue weighted by Gasteiger charge is 2.01. The summed E-state index contributed by atoms with van der Waals surface area (Å²) in [6, 6.07) is 17.7. The van der Waals surface area contributed by atoms with E-state index in [-0.39, 0.29) is 0 Å². The van der Waals surface area contributed by atoms with E-state index in [0.29, 0.717) is 0 Å². The Bertz CT molecular complexity index is 714. The van der Waals surface area contributed by atoms with Gasteiger partial charge in [-0.1, -0.05) is 74.4 Å². The van der Waals surface area contributed by atoms with E-state index in [1.165, 1.54) is 52.4 Å². The lowest BCUT2D eigenvalue weighted by molar-refractivity contribution is 0.741. The fourth-order valence-corrected chi connectivity index (χ4v) is 2.85. The maximum Gasteiger partial charge on any atom is -0.00330 e. The summed E-state index contributed by atoms with van der Waals surface area (Å²) in [6.45, 7) is 2.25. The Morgan fingerprint density at radius 2 is 1.58 bits per heavy atom. The van der Waals surface area contributed by atoms with Crippen molar-refractivity contribution in [2.75, 3.05) is 0 Å². The first-order valence-electron chi connectivity index (χ1n) is 7.30. The Labute approximate surface area is 114 Å². The number of unbranched alkanes of at least 4 members (excludes halogenated alkanes) is 3. The van der Waals surface area contributed by atoms with Crippen LogP contribution in [0.15, 0.2) is 48.5 Å². The van der Waals surface area contributed by atoms with Crippen LogP contribution < -0.4 is 5.22 Å². The Morgan fingerprint density at radius 3 is 2.37 bits per heavy atom. The third-order valence-corrected chi connectivity index (χ3v) is 3.86.